The van der Waals surface area contributed by atoms with Crippen molar-refractivity contribution in [1.29, 1.82) is 5.26 Å². The lowest BCUT2D eigenvalue weighted by Crippen LogP contribution is -2.14. The van der Waals surface area contributed by atoms with Crippen LogP contribution in [0.3, 0.4) is 0 Å². The Labute approximate surface area is 148 Å². The topological polar surface area (TPSA) is 108 Å². The molecule has 0 aliphatic carbocycles. The van der Waals surface area contributed by atoms with E-state index in [1.165, 1.54) is 6.07 Å². The Bertz CT molecular complexity index is 1150. The largest absolute Gasteiger partial charge is 0.472 e. The number of carbonyl (C=O) groups is 1. The predicted molar refractivity (Wildman–Crippen MR) is 95.4 cm³/mol. The highest BCUT2D eigenvalue weighted by atomic mass is 16.3. The van der Waals surface area contributed by atoms with E-state index < -0.39 is 0 Å². The third kappa shape index (κ3) is 2.70. The minimum atomic E-state index is -0.285. The normalized spacial score (nSPS) is 10.6. The van der Waals surface area contributed by atoms with Gasteiger partial charge >= 0.3 is 0 Å². The van der Waals surface area contributed by atoms with Gasteiger partial charge in [0.05, 0.1) is 29.3 Å². The van der Waals surface area contributed by atoms with Crippen LogP contribution in [0.1, 0.15) is 21.7 Å². The van der Waals surface area contributed by atoms with Crippen LogP contribution in [0, 0.1) is 18.3 Å². The Morgan fingerprint density at radius 1 is 1.27 bits per heavy atom. The predicted octanol–water partition coefficient (Wildman–Crippen LogP) is 3.65. The number of aromatic amines is 1. The van der Waals surface area contributed by atoms with Crippen molar-refractivity contribution in [2.75, 3.05) is 5.32 Å². The van der Waals surface area contributed by atoms with Crippen molar-refractivity contribution in [1.82, 2.24) is 15.2 Å². The highest BCUT2D eigenvalue weighted by Gasteiger charge is 2.13. The van der Waals surface area contributed by atoms with Crippen LogP contribution in [0.15, 0.2) is 53.3 Å². The van der Waals surface area contributed by atoms with E-state index in [0.29, 0.717) is 16.9 Å². The first-order valence-corrected chi connectivity index (χ1v) is 7.85. The molecule has 0 atom stereocenters. The smallest absolute Gasteiger partial charge is 0.257 e. The molecule has 0 spiro atoms. The lowest BCUT2D eigenvalue weighted by molar-refractivity contribution is 0.102. The number of benzene rings is 1. The molecule has 7 nitrogen and oxygen atoms in total. The molecule has 1 aromatic carbocycles. The summed E-state index contributed by atoms with van der Waals surface area (Å²) in [6, 6.07) is 12.4. The number of nitrogens with zero attached hydrogens (tertiary/aromatic N) is 3. The van der Waals surface area contributed by atoms with Crippen LogP contribution in [-0.2, 0) is 0 Å². The van der Waals surface area contributed by atoms with Crippen LogP contribution in [0.25, 0.3) is 22.2 Å². The third-order valence-corrected chi connectivity index (χ3v) is 4.06. The van der Waals surface area contributed by atoms with Crippen LogP contribution >= 0.6 is 0 Å². The van der Waals surface area contributed by atoms with Crippen molar-refractivity contribution < 1.29 is 9.21 Å². The number of nitriles is 1. The fraction of sp³-hybridized carbons (Fsp3) is 0.0526. The van der Waals surface area contributed by atoms with Gasteiger partial charge in [0.1, 0.15) is 17.5 Å². The van der Waals surface area contributed by atoms with Crippen molar-refractivity contribution in [3.8, 4) is 17.3 Å². The molecule has 0 saturated heterocycles. The number of rotatable bonds is 3. The van der Waals surface area contributed by atoms with Gasteiger partial charge in [0.15, 0.2) is 0 Å². The van der Waals surface area contributed by atoms with Crippen LogP contribution in [0.5, 0.6) is 0 Å². The summed E-state index contributed by atoms with van der Waals surface area (Å²) in [6.07, 6.45) is 3.20. The van der Waals surface area contributed by atoms with Crippen molar-refractivity contribution in [3.63, 3.8) is 0 Å². The molecule has 1 amide bonds. The Morgan fingerprint density at radius 3 is 2.88 bits per heavy atom. The van der Waals surface area contributed by atoms with Gasteiger partial charge in [-0.2, -0.15) is 10.4 Å². The Kier molecular flexibility index (Phi) is 3.71. The fourth-order valence-electron chi connectivity index (χ4n) is 2.77. The number of amides is 1. The zero-order valence-electron chi connectivity index (χ0n) is 13.8. The first-order chi connectivity index (χ1) is 12.7. The molecular formula is C19H13N5O2. The average molecular weight is 343 g/mol. The quantitative estimate of drug-likeness (QED) is 0.590. The second-order valence-electron chi connectivity index (χ2n) is 5.74. The average Bonchev–Trinajstić information content (AvgIpc) is 3.30. The standard InChI is InChI=1S/C19H13N5O2/c1-11-15(4-2-14(9-20)21-11)19(25)22-13-3-5-17-16(8-13)18(24-23-17)12-6-7-26-10-12/h2-8,10H,1H3,(H,22,25)(H,23,24). The summed E-state index contributed by atoms with van der Waals surface area (Å²) in [4.78, 5) is 16.6. The minimum absolute atomic E-state index is 0.281. The van der Waals surface area contributed by atoms with Crippen LogP contribution in [0.2, 0.25) is 0 Å². The summed E-state index contributed by atoms with van der Waals surface area (Å²) in [5, 5.41) is 19.9. The molecule has 26 heavy (non-hydrogen) atoms. The summed E-state index contributed by atoms with van der Waals surface area (Å²) in [5.74, 6) is -0.285. The van der Waals surface area contributed by atoms with E-state index in [4.69, 9.17) is 9.68 Å². The molecule has 0 saturated carbocycles. The molecule has 0 unspecified atom stereocenters. The molecule has 0 bridgehead atoms. The molecule has 0 radical (unpaired) electrons. The Balaban J connectivity index is 1.66. The van der Waals surface area contributed by atoms with Gasteiger partial charge in [-0.25, -0.2) is 4.98 Å². The van der Waals surface area contributed by atoms with Crippen LogP contribution < -0.4 is 5.32 Å². The summed E-state index contributed by atoms with van der Waals surface area (Å²) in [6.45, 7) is 1.70. The summed E-state index contributed by atoms with van der Waals surface area (Å²) < 4.78 is 5.12. The van der Waals surface area contributed by atoms with E-state index >= 15 is 0 Å². The number of furan rings is 1. The van der Waals surface area contributed by atoms with E-state index in [1.807, 2.05) is 24.3 Å². The van der Waals surface area contributed by atoms with Crippen LogP contribution in [-0.4, -0.2) is 21.1 Å². The second-order valence-corrected chi connectivity index (χ2v) is 5.74. The number of aromatic nitrogens is 3. The molecule has 126 valence electrons. The molecule has 0 fully saturated rings. The first kappa shape index (κ1) is 15.6. The van der Waals surface area contributed by atoms with E-state index in [2.05, 4.69) is 20.5 Å². The number of hydrogen-bond donors (Lipinski definition) is 2. The van der Waals surface area contributed by atoms with Gasteiger partial charge in [-0.15, -0.1) is 0 Å². The first-order valence-electron chi connectivity index (χ1n) is 7.85. The highest BCUT2D eigenvalue weighted by Crippen LogP contribution is 2.28. The molecule has 7 heteroatoms. The van der Waals surface area contributed by atoms with Gasteiger partial charge in [0, 0.05) is 16.6 Å². The number of aryl methyl sites for hydroxylation is 1. The highest BCUT2D eigenvalue weighted by molar-refractivity contribution is 6.06. The number of hydrogen-bond acceptors (Lipinski definition) is 5. The molecule has 4 aromatic rings. The monoisotopic (exact) mass is 343 g/mol. The van der Waals surface area contributed by atoms with Gasteiger partial charge in [-0.1, -0.05) is 0 Å². The minimum Gasteiger partial charge on any atom is -0.472 e. The van der Waals surface area contributed by atoms with E-state index in [9.17, 15) is 4.79 Å². The summed E-state index contributed by atoms with van der Waals surface area (Å²) in [7, 11) is 0. The summed E-state index contributed by atoms with van der Waals surface area (Å²) in [5.41, 5.74) is 4.31. The van der Waals surface area contributed by atoms with Gasteiger partial charge in [0.2, 0.25) is 0 Å². The molecule has 0 aliphatic heterocycles. The molecular weight excluding hydrogens is 330 g/mol. The van der Waals surface area contributed by atoms with Crippen LogP contribution in [0.4, 0.5) is 5.69 Å². The SMILES string of the molecule is Cc1nc(C#N)ccc1C(=O)Nc1ccc2[nH]nc(-c3ccoc3)c2c1. The number of fused-ring (bicyclic) bond motifs is 1. The molecule has 3 aromatic heterocycles. The molecule has 3 heterocycles. The maximum absolute atomic E-state index is 12.6. The van der Waals surface area contributed by atoms with Gasteiger partial charge in [-0.3, -0.25) is 9.89 Å². The van der Waals surface area contributed by atoms with Gasteiger partial charge < -0.3 is 9.73 Å². The zero-order valence-corrected chi connectivity index (χ0v) is 13.8. The second kappa shape index (κ2) is 6.18. The lowest BCUT2D eigenvalue weighted by Gasteiger charge is -2.08. The zero-order chi connectivity index (χ0) is 18.1. The van der Waals surface area contributed by atoms with Gasteiger partial charge in [0.25, 0.3) is 5.91 Å². The van der Waals surface area contributed by atoms with Crippen molar-refractivity contribution in [2.45, 2.75) is 6.92 Å². The van der Waals surface area contributed by atoms with Crippen molar-refractivity contribution in [3.05, 3.63) is 65.9 Å². The number of carbonyl (C=O) groups excluding carboxylic acids is 1. The summed E-state index contributed by atoms with van der Waals surface area (Å²) >= 11 is 0. The number of H-pyrrole nitrogens is 1. The van der Waals surface area contributed by atoms with E-state index in [1.54, 1.807) is 31.6 Å². The molecule has 4 rings (SSSR count). The van der Waals surface area contributed by atoms with E-state index in [-0.39, 0.29) is 11.6 Å². The molecule has 2 N–H and O–H groups in total. The third-order valence-electron chi connectivity index (χ3n) is 4.06. The Morgan fingerprint density at radius 2 is 2.15 bits per heavy atom. The number of anilines is 1. The maximum atomic E-state index is 12.6. The lowest BCUT2D eigenvalue weighted by atomic mass is 10.1. The van der Waals surface area contributed by atoms with E-state index in [0.717, 1.165) is 22.2 Å². The van der Waals surface area contributed by atoms with Gasteiger partial charge in [-0.05, 0) is 43.3 Å². The number of pyridine rings is 1. The fourth-order valence-corrected chi connectivity index (χ4v) is 2.77. The van der Waals surface area contributed by atoms with Crippen molar-refractivity contribution >= 4 is 22.5 Å². The Hall–Kier alpha value is -3.92. The number of nitrogens with one attached hydrogen (secondary N) is 2. The maximum Gasteiger partial charge on any atom is 0.257 e. The molecule has 0 aliphatic rings. The van der Waals surface area contributed by atoms with Crippen molar-refractivity contribution in [2.24, 2.45) is 0 Å².